The highest BCUT2D eigenvalue weighted by molar-refractivity contribution is 6.93. The summed E-state index contributed by atoms with van der Waals surface area (Å²) in [5, 5.41) is 13.5. The van der Waals surface area contributed by atoms with Gasteiger partial charge in [0.2, 0.25) is 0 Å². The molecule has 0 radical (unpaired) electrons. The van der Waals surface area contributed by atoms with Crippen LogP contribution in [0.15, 0.2) is 24.3 Å². The fourth-order valence-corrected chi connectivity index (χ4v) is 11.3. The van der Waals surface area contributed by atoms with E-state index in [0.29, 0.717) is 17.5 Å². The highest BCUT2D eigenvalue weighted by atomic mass is 28.4. The Morgan fingerprint density at radius 2 is 1.29 bits per heavy atom. The van der Waals surface area contributed by atoms with Crippen molar-refractivity contribution in [2.45, 2.75) is 97.6 Å². The molecule has 0 amide bonds. The first-order chi connectivity index (χ1) is 17.2. The lowest BCUT2D eigenvalue weighted by Crippen LogP contribution is -2.54. The van der Waals surface area contributed by atoms with Gasteiger partial charge in [-0.25, -0.2) is 0 Å². The van der Waals surface area contributed by atoms with Gasteiger partial charge in [0.25, 0.3) is 0 Å². The lowest BCUT2D eigenvalue weighted by atomic mass is 9.78. The standard InChI is InChI=1S/C31H44O4Si3/c1-18-15-19-17-23(35-38(11,12)31(2,3)4)27-28(24(19)22(34)16-18)30(37(8,9)10)26-21(33)14-13-20(32)25(26)29(27)36(5,6)7/h13-16,23,34H,17H2,1-12H3/t23-/m1/s1. The molecule has 0 saturated carbocycles. The molecule has 0 bridgehead atoms. The van der Waals surface area contributed by atoms with E-state index in [4.69, 9.17) is 4.43 Å². The van der Waals surface area contributed by atoms with Gasteiger partial charge in [0, 0.05) is 23.1 Å². The number of carbonyl (C=O) groups is 2. The first-order valence-corrected chi connectivity index (χ1v) is 23.6. The maximum absolute atomic E-state index is 13.7. The van der Waals surface area contributed by atoms with E-state index in [0.717, 1.165) is 38.2 Å². The smallest absolute Gasteiger partial charge is 0.192 e. The predicted octanol–water partition coefficient (Wildman–Crippen LogP) is 7.01. The molecule has 0 fully saturated rings. The molecule has 4 rings (SSSR count). The molecule has 38 heavy (non-hydrogen) atoms. The zero-order chi connectivity index (χ0) is 28.7. The molecule has 0 heterocycles. The van der Waals surface area contributed by atoms with E-state index in [2.05, 4.69) is 79.2 Å². The SMILES string of the molecule is Cc1cc(O)c2c(c1)C[C@@H](O[Si](C)(C)C(C)(C)C)c1c-2c([Si](C)(C)C)c2c(c1[Si](C)(C)C)C(=O)C=CC2=O. The van der Waals surface area contributed by atoms with Crippen molar-refractivity contribution in [1.29, 1.82) is 0 Å². The van der Waals surface area contributed by atoms with Gasteiger partial charge in [-0.05, 0) is 75.9 Å². The second kappa shape index (κ2) is 8.98. The fraction of sp³-hybridized carbons (Fsp3) is 0.484. The van der Waals surface area contributed by atoms with Crippen molar-refractivity contribution in [2.24, 2.45) is 0 Å². The number of hydrogen-bond acceptors (Lipinski definition) is 4. The first-order valence-electron chi connectivity index (χ1n) is 13.7. The molecule has 7 heteroatoms. The average Bonchev–Trinajstić information content (AvgIpc) is 2.71. The Kier molecular flexibility index (Phi) is 6.83. The highest BCUT2D eigenvalue weighted by Gasteiger charge is 2.47. The van der Waals surface area contributed by atoms with E-state index >= 15 is 0 Å². The minimum atomic E-state index is -2.22. The van der Waals surface area contributed by atoms with Crippen molar-refractivity contribution in [3.8, 4) is 16.9 Å². The van der Waals surface area contributed by atoms with E-state index in [1.165, 1.54) is 12.2 Å². The second-order valence-electron chi connectivity index (χ2n) is 14.7. The summed E-state index contributed by atoms with van der Waals surface area (Å²) in [6, 6.07) is 3.99. The van der Waals surface area contributed by atoms with Gasteiger partial charge in [-0.3, -0.25) is 9.59 Å². The minimum absolute atomic E-state index is 0.00580. The summed E-state index contributed by atoms with van der Waals surface area (Å²) in [6.45, 7) is 26.8. The van der Waals surface area contributed by atoms with Crippen LogP contribution in [-0.4, -0.2) is 41.1 Å². The molecular weight excluding hydrogens is 521 g/mol. The Bertz CT molecular complexity index is 1400. The summed E-state index contributed by atoms with van der Waals surface area (Å²) in [6.07, 6.45) is 3.30. The van der Waals surface area contributed by atoms with Gasteiger partial charge in [0.15, 0.2) is 19.9 Å². The molecule has 1 atom stereocenters. The Balaban J connectivity index is 2.29. The molecule has 1 N–H and O–H groups in total. The molecule has 2 aliphatic rings. The van der Waals surface area contributed by atoms with Crippen LogP contribution < -0.4 is 10.4 Å². The van der Waals surface area contributed by atoms with Crippen LogP contribution in [0, 0.1) is 6.92 Å². The molecule has 2 aromatic rings. The van der Waals surface area contributed by atoms with Gasteiger partial charge in [-0.15, -0.1) is 0 Å². The van der Waals surface area contributed by atoms with Crippen molar-refractivity contribution < 1.29 is 19.1 Å². The number of hydrogen-bond donors (Lipinski definition) is 1. The lowest BCUT2D eigenvalue weighted by molar-refractivity contribution is 0.0995. The quantitative estimate of drug-likeness (QED) is 0.406. The normalized spacial score (nSPS) is 17.8. The van der Waals surface area contributed by atoms with Crippen LogP contribution in [0.3, 0.4) is 0 Å². The Morgan fingerprint density at radius 3 is 1.76 bits per heavy atom. The fourth-order valence-electron chi connectivity index (χ4n) is 5.92. The molecule has 2 aliphatic carbocycles. The summed E-state index contributed by atoms with van der Waals surface area (Å²) in [4.78, 5) is 27.4. The van der Waals surface area contributed by atoms with Crippen molar-refractivity contribution in [3.63, 3.8) is 0 Å². The Morgan fingerprint density at radius 1 is 0.789 bits per heavy atom. The molecule has 204 valence electrons. The first kappa shape index (κ1) is 28.9. The number of phenols is 1. The number of aryl methyl sites for hydroxylation is 1. The van der Waals surface area contributed by atoms with E-state index in [1.54, 1.807) is 0 Å². The monoisotopic (exact) mass is 564 g/mol. The molecule has 0 spiro atoms. The Labute approximate surface area is 231 Å². The third-order valence-electron chi connectivity index (χ3n) is 8.48. The van der Waals surface area contributed by atoms with Crippen LogP contribution in [0.25, 0.3) is 11.1 Å². The van der Waals surface area contributed by atoms with Crippen molar-refractivity contribution in [2.75, 3.05) is 0 Å². The van der Waals surface area contributed by atoms with Gasteiger partial charge in [0.05, 0.1) is 22.3 Å². The number of benzene rings is 2. The molecule has 2 aromatic carbocycles. The van der Waals surface area contributed by atoms with Crippen LogP contribution in [0.5, 0.6) is 5.75 Å². The van der Waals surface area contributed by atoms with Crippen molar-refractivity contribution >= 4 is 46.4 Å². The maximum atomic E-state index is 13.7. The third kappa shape index (κ3) is 4.65. The van der Waals surface area contributed by atoms with E-state index < -0.39 is 24.5 Å². The summed E-state index contributed by atoms with van der Waals surface area (Å²) in [5.74, 6) is 0.0716. The van der Waals surface area contributed by atoms with Crippen LogP contribution in [0.1, 0.15) is 64.3 Å². The third-order valence-corrected chi connectivity index (χ3v) is 17.0. The van der Waals surface area contributed by atoms with Gasteiger partial charge >= 0.3 is 0 Å². The van der Waals surface area contributed by atoms with Crippen LogP contribution >= 0.6 is 0 Å². The number of carbonyl (C=O) groups excluding carboxylic acids is 2. The van der Waals surface area contributed by atoms with E-state index in [-0.39, 0.29) is 28.5 Å². The topological polar surface area (TPSA) is 63.6 Å². The predicted molar refractivity (Wildman–Crippen MR) is 167 cm³/mol. The number of rotatable bonds is 4. The van der Waals surface area contributed by atoms with E-state index in [9.17, 15) is 14.7 Å². The largest absolute Gasteiger partial charge is 0.507 e. The molecule has 0 aromatic heterocycles. The minimum Gasteiger partial charge on any atom is -0.507 e. The zero-order valence-electron chi connectivity index (χ0n) is 25.3. The zero-order valence-corrected chi connectivity index (χ0v) is 28.3. The lowest BCUT2D eigenvalue weighted by Gasteiger charge is -2.45. The number of fused-ring (bicyclic) bond motifs is 4. The number of ketones is 2. The molecular formula is C31H44O4Si3. The number of allylic oxidation sites excluding steroid dienone is 2. The maximum Gasteiger partial charge on any atom is 0.192 e. The van der Waals surface area contributed by atoms with Gasteiger partial charge < -0.3 is 9.53 Å². The van der Waals surface area contributed by atoms with E-state index in [1.807, 2.05) is 13.0 Å². The molecule has 0 saturated heterocycles. The van der Waals surface area contributed by atoms with Crippen LogP contribution in [-0.2, 0) is 10.8 Å². The van der Waals surface area contributed by atoms with Crippen molar-refractivity contribution in [1.82, 2.24) is 0 Å². The molecule has 0 unspecified atom stereocenters. The summed E-state index contributed by atoms with van der Waals surface area (Å²) in [5.41, 5.74) is 6.11. The van der Waals surface area contributed by atoms with Crippen molar-refractivity contribution in [3.05, 3.63) is 52.1 Å². The number of aromatic hydroxyl groups is 1. The Hall–Kier alpha value is -2.07. The highest BCUT2D eigenvalue weighted by Crippen LogP contribution is 2.49. The van der Waals surface area contributed by atoms with Gasteiger partial charge in [0.1, 0.15) is 5.75 Å². The summed E-state index contributed by atoms with van der Waals surface area (Å²) in [7, 11) is -6.64. The molecule has 4 nitrogen and oxygen atoms in total. The summed E-state index contributed by atoms with van der Waals surface area (Å²) < 4.78 is 7.24. The van der Waals surface area contributed by atoms with Crippen LogP contribution in [0.2, 0.25) is 57.4 Å². The van der Waals surface area contributed by atoms with Crippen LogP contribution in [0.4, 0.5) is 0 Å². The second-order valence-corrected chi connectivity index (χ2v) is 29.5. The molecule has 0 aliphatic heterocycles. The average molecular weight is 565 g/mol. The summed E-state index contributed by atoms with van der Waals surface area (Å²) >= 11 is 0. The van der Waals surface area contributed by atoms with Gasteiger partial charge in [-0.2, -0.15) is 0 Å². The number of phenolic OH excluding ortho intramolecular Hbond substituents is 1. The van der Waals surface area contributed by atoms with Gasteiger partial charge in [-0.1, -0.05) is 66.1 Å².